The first-order valence-electron chi connectivity index (χ1n) is 5.56. The fourth-order valence-corrected chi connectivity index (χ4v) is 1.88. The Balaban J connectivity index is 1.69. The minimum atomic E-state index is 0.777. The van der Waals surface area contributed by atoms with E-state index in [1.54, 1.807) is 6.33 Å². The van der Waals surface area contributed by atoms with E-state index in [-0.39, 0.29) is 0 Å². The van der Waals surface area contributed by atoms with Crippen molar-refractivity contribution in [1.82, 2.24) is 15.3 Å². The van der Waals surface area contributed by atoms with Gasteiger partial charge in [-0.1, -0.05) is 18.2 Å². The van der Waals surface area contributed by atoms with Crippen molar-refractivity contribution in [2.45, 2.75) is 13.1 Å². The lowest BCUT2D eigenvalue weighted by molar-refractivity contribution is 0.601. The molecule has 0 atom stereocenters. The predicted octanol–water partition coefficient (Wildman–Crippen LogP) is 2.45. The molecule has 0 radical (unpaired) electrons. The Bertz CT molecular complexity index is 598. The highest BCUT2D eigenvalue weighted by Crippen LogP contribution is 2.20. The summed E-state index contributed by atoms with van der Waals surface area (Å²) >= 11 is 0. The molecule has 0 saturated carbocycles. The van der Waals surface area contributed by atoms with Crippen LogP contribution < -0.4 is 5.32 Å². The second-order valence-corrected chi connectivity index (χ2v) is 3.94. The zero-order valence-corrected chi connectivity index (χ0v) is 9.31. The van der Waals surface area contributed by atoms with Gasteiger partial charge in [-0.15, -0.1) is 0 Å². The molecule has 0 aliphatic heterocycles. The second kappa shape index (κ2) is 4.43. The number of H-pyrrole nitrogens is 1. The number of nitrogens with one attached hydrogen (secondary N) is 2. The van der Waals surface area contributed by atoms with Gasteiger partial charge in [0, 0.05) is 35.9 Å². The molecule has 0 aliphatic carbocycles. The third-order valence-corrected chi connectivity index (χ3v) is 2.75. The summed E-state index contributed by atoms with van der Waals surface area (Å²) in [6.45, 7) is 1.57. The van der Waals surface area contributed by atoms with Crippen molar-refractivity contribution in [2.75, 3.05) is 0 Å². The van der Waals surface area contributed by atoms with Crippen LogP contribution >= 0.6 is 0 Å². The third-order valence-electron chi connectivity index (χ3n) is 2.75. The minimum absolute atomic E-state index is 0.777. The highest BCUT2D eigenvalue weighted by atomic mass is 16.3. The zero-order valence-electron chi connectivity index (χ0n) is 9.31. The molecule has 2 heterocycles. The molecule has 0 saturated heterocycles. The topological polar surface area (TPSA) is 53.9 Å². The van der Waals surface area contributed by atoms with Crippen LogP contribution in [0.15, 0.2) is 47.5 Å². The van der Waals surface area contributed by atoms with E-state index in [1.165, 1.54) is 10.9 Å². The van der Waals surface area contributed by atoms with E-state index in [2.05, 4.69) is 21.4 Å². The van der Waals surface area contributed by atoms with Gasteiger partial charge in [-0.05, 0) is 6.07 Å². The molecule has 3 rings (SSSR count). The van der Waals surface area contributed by atoms with Gasteiger partial charge in [-0.2, -0.15) is 0 Å². The molecule has 4 nitrogen and oxygen atoms in total. The number of fused-ring (bicyclic) bond motifs is 1. The van der Waals surface area contributed by atoms with Gasteiger partial charge in [0.1, 0.15) is 5.58 Å². The van der Waals surface area contributed by atoms with Gasteiger partial charge in [0.2, 0.25) is 0 Å². The molecule has 17 heavy (non-hydrogen) atoms. The summed E-state index contributed by atoms with van der Waals surface area (Å²) < 4.78 is 5.48. The molecule has 0 amide bonds. The lowest BCUT2D eigenvalue weighted by Crippen LogP contribution is -2.12. The average Bonchev–Trinajstić information content (AvgIpc) is 2.99. The van der Waals surface area contributed by atoms with Gasteiger partial charge in [-0.3, -0.25) is 0 Å². The van der Waals surface area contributed by atoms with E-state index >= 15 is 0 Å². The Hall–Kier alpha value is -2.07. The van der Waals surface area contributed by atoms with Crippen LogP contribution in [0.3, 0.4) is 0 Å². The maximum absolute atomic E-state index is 5.48. The highest BCUT2D eigenvalue weighted by Gasteiger charge is 2.04. The van der Waals surface area contributed by atoms with Crippen LogP contribution in [0.2, 0.25) is 0 Å². The largest absolute Gasteiger partial charge is 0.464 e. The Morgan fingerprint density at radius 2 is 2.18 bits per heavy atom. The van der Waals surface area contributed by atoms with Crippen LogP contribution in [0.4, 0.5) is 0 Å². The van der Waals surface area contributed by atoms with Gasteiger partial charge in [0.15, 0.2) is 0 Å². The number of rotatable bonds is 4. The number of aromatic amines is 1. The van der Waals surface area contributed by atoms with E-state index in [1.807, 2.05) is 30.7 Å². The van der Waals surface area contributed by atoms with E-state index < -0.39 is 0 Å². The maximum Gasteiger partial charge on any atom is 0.134 e. The molecule has 4 heteroatoms. The van der Waals surface area contributed by atoms with Crippen molar-refractivity contribution in [2.24, 2.45) is 0 Å². The molecule has 0 spiro atoms. The number of hydrogen-bond donors (Lipinski definition) is 2. The Labute approximate surface area is 98.7 Å². The van der Waals surface area contributed by atoms with Gasteiger partial charge >= 0.3 is 0 Å². The number of aromatic nitrogens is 2. The molecular weight excluding hydrogens is 214 g/mol. The molecule has 0 aliphatic rings. The van der Waals surface area contributed by atoms with Crippen molar-refractivity contribution < 1.29 is 4.42 Å². The van der Waals surface area contributed by atoms with E-state index in [0.717, 1.165) is 24.4 Å². The molecule has 2 aromatic heterocycles. The average molecular weight is 227 g/mol. The summed E-state index contributed by atoms with van der Waals surface area (Å²) in [6, 6.07) is 8.06. The van der Waals surface area contributed by atoms with Crippen molar-refractivity contribution in [3.8, 4) is 0 Å². The monoisotopic (exact) mass is 227 g/mol. The summed E-state index contributed by atoms with van der Waals surface area (Å²) in [5.74, 6) is 0. The Morgan fingerprint density at radius 1 is 1.24 bits per heavy atom. The molecule has 2 N–H and O–H groups in total. The molecule has 1 aromatic carbocycles. The third kappa shape index (κ3) is 2.07. The summed E-state index contributed by atoms with van der Waals surface area (Å²) in [5, 5.41) is 4.52. The number of furan rings is 1. The fraction of sp³-hybridized carbons (Fsp3) is 0.154. The summed E-state index contributed by atoms with van der Waals surface area (Å²) in [6.07, 6.45) is 5.31. The lowest BCUT2D eigenvalue weighted by Gasteiger charge is -2.00. The van der Waals surface area contributed by atoms with Crippen LogP contribution in [-0.4, -0.2) is 9.97 Å². The Morgan fingerprint density at radius 3 is 3.06 bits per heavy atom. The number of imidazole rings is 1. The predicted molar refractivity (Wildman–Crippen MR) is 65.3 cm³/mol. The fourth-order valence-electron chi connectivity index (χ4n) is 1.88. The quantitative estimate of drug-likeness (QED) is 0.719. The molecule has 0 unspecified atom stereocenters. The zero-order chi connectivity index (χ0) is 11.5. The molecule has 0 bridgehead atoms. The summed E-state index contributed by atoms with van der Waals surface area (Å²) in [5.41, 5.74) is 3.20. The summed E-state index contributed by atoms with van der Waals surface area (Å²) in [7, 11) is 0. The molecule has 86 valence electrons. The normalized spacial score (nSPS) is 11.1. The maximum atomic E-state index is 5.48. The number of benzene rings is 1. The van der Waals surface area contributed by atoms with Crippen molar-refractivity contribution in [3.05, 3.63) is 54.3 Å². The van der Waals surface area contributed by atoms with Gasteiger partial charge in [0.05, 0.1) is 12.6 Å². The van der Waals surface area contributed by atoms with Gasteiger partial charge < -0.3 is 14.7 Å². The smallest absolute Gasteiger partial charge is 0.134 e. The van der Waals surface area contributed by atoms with Crippen molar-refractivity contribution >= 4 is 11.0 Å². The lowest BCUT2D eigenvalue weighted by atomic mass is 10.2. The second-order valence-electron chi connectivity index (χ2n) is 3.94. The number of para-hydroxylation sites is 1. The standard InChI is InChI=1S/C13H13N3O/c1-2-4-13-12(3-1)10(8-17-13)5-14-6-11-7-15-9-16-11/h1-4,7-9,14H,5-6H2,(H,15,16). The Kier molecular flexibility index (Phi) is 2.63. The molecule has 3 aromatic rings. The molecule has 0 fully saturated rings. The van der Waals surface area contributed by atoms with Crippen LogP contribution in [-0.2, 0) is 13.1 Å². The van der Waals surface area contributed by atoms with Crippen LogP contribution in [0.1, 0.15) is 11.3 Å². The first kappa shape index (κ1) is 10.1. The van der Waals surface area contributed by atoms with E-state index in [4.69, 9.17) is 4.42 Å². The highest BCUT2D eigenvalue weighted by molar-refractivity contribution is 5.80. The van der Waals surface area contributed by atoms with Crippen molar-refractivity contribution in [1.29, 1.82) is 0 Å². The van der Waals surface area contributed by atoms with Crippen LogP contribution in [0, 0.1) is 0 Å². The van der Waals surface area contributed by atoms with Crippen LogP contribution in [0.25, 0.3) is 11.0 Å². The first-order valence-corrected chi connectivity index (χ1v) is 5.56. The van der Waals surface area contributed by atoms with Crippen molar-refractivity contribution in [3.63, 3.8) is 0 Å². The van der Waals surface area contributed by atoms with E-state index in [0.29, 0.717) is 0 Å². The van der Waals surface area contributed by atoms with E-state index in [9.17, 15) is 0 Å². The van der Waals surface area contributed by atoms with Gasteiger partial charge in [0.25, 0.3) is 0 Å². The van der Waals surface area contributed by atoms with Crippen LogP contribution in [0.5, 0.6) is 0 Å². The minimum Gasteiger partial charge on any atom is -0.464 e. The number of nitrogens with zero attached hydrogens (tertiary/aromatic N) is 1. The molecular formula is C13H13N3O. The van der Waals surface area contributed by atoms with Gasteiger partial charge in [-0.25, -0.2) is 4.98 Å². The first-order chi connectivity index (χ1) is 8.43. The summed E-state index contributed by atoms with van der Waals surface area (Å²) in [4.78, 5) is 7.03. The SMILES string of the molecule is c1ccc2c(CNCc3cnc[nH]3)coc2c1. The number of hydrogen-bond acceptors (Lipinski definition) is 3.